The Morgan fingerprint density at radius 1 is 1.00 bits per heavy atom. The predicted molar refractivity (Wildman–Crippen MR) is 99.2 cm³/mol. The maximum atomic E-state index is 5.88. The molecule has 1 saturated heterocycles. The van der Waals surface area contributed by atoms with Gasteiger partial charge in [-0.3, -0.25) is 0 Å². The minimum Gasteiger partial charge on any atom is -0.490 e. The molecule has 1 N–H and O–H groups in total. The summed E-state index contributed by atoms with van der Waals surface area (Å²) in [5.41, 5.74) is 5.18. The third-order valence-electron chi connectivity index (χ3n) is 4.88. The fourth-order valence-corrected chi connectivity index (χ4v) is 3.46. The molecule has 0 aromatic heterocycles. The van der Waals surface area contributed by atoms with Gasteiger partial charge in [0.05, 0.1) is 12.2 Å². The molecule has 2 aromatic rings. The minimum absolute atomic E-state index is 0.756. The summed E-state index contributed by atoms with van der Waals surface area (Å²) in [6.45, 7) is 9.00. The van der Waals surface area contributed by atoms with Crippen LogP contribution >= 0.6 is 0 Å². The second-order valence-corrected chi connectivity index (χ2v) is 6.64. The summed E-state index contributed by atoms with van der Waals surface area (Å²) in [5, 5.41) is 3.42. The van der Waals surface area contributed by atoms with Gasteiger partial charge in [0.1, 0.15) is 12.4 Å². The first-order chi connectivity index (χ1) is 11.8. The molecule has 2 heterocycles. The van der Waals surface area contributed by atoms with Gasteiger partial charge in [-0.15, -0.1) is 0 Å². The van der Waals surface area contributed by atoms with Gasteiger partial charge >= 0.3 is 0 Å². The molecular weight excluding hydrogens is 298 g/mol. The van der Waals surface area contributed by atoms with E-state index < -0.39 is 0 Å². The van der Waals surface area contributed by atoms with Gasteiger partial charge in [-0.25, -0.2) is 0 Å². The molecule has 4 nitrogen and oxygen atoms in total. The van der Waals surface area contributed by atoms with Crippen LogP contribution in [0.15, 0.2) is 42.5 Å². The van der Waals surface area contributed by atoms with Gasteiger partial charge in [-0.1, -0.05) is 29.8 Å². The lowest BCUT2D eigenvalue weighted by Gasteiger charge is -2.34. The Morgan fingerprint density at radius 2 is 1.79 bits per heavy atom. The summed E-state index contributed by atoms with van der Waals surface area (Å²) in [5.74, 6) is 1.01. The molecule has 4 heteroatoms. The average Bonchev–Trinajstić information content (AvgIpc) is 2.64. The van der Waals surface area contributed by atoms with E-state index in [4.69, 9.17) is 4.74 Å². The van der Waals surface area contributed by atoms with E-state index in [0.29, 0.717) is 0 Å². The van der Waals surface area contributed by atoms with Crippen LogP contribution in [0.25, 0.3) is 0 Å². The van der Waals surface area contributed by atoms with E-state index in [-0.39, 0.29) is 0 Å². The zero-order valence-corrected chi connectivity index (χ0v) is 14.3. The third-order valence-corrected chi connectivity index (χ3v) is 4.88. The first kappa shape index (κ1) is 15.3. The number of hydrogen-bond acceptors (Lipinski definition) is 4. The lowest BCUT2D eigenvalue weighted by molar-refractivity contribution is 0.307. The Morgan fingerprint density at radius 3 is 2.58 bits per heavy atom. The Bertz CT molecular complexity index is 693. The molecule has 0 aliphatic carbocycles. The normalized spacial score (nSPS) is 17.4. The van der Waals surface area contributed by atoms with E-state index in [1.807, 2.05) is 0 Å². The van der Waals surface area contributed by atoms with Crippen molar-refractivity contribution in [3.63, 3.8) is 0 Å². The van der Waals surface area contributed by atoms with Crippen LogP contribution in [0.1, 0.15) is 11.1 Å². The lowest BCUT2D eigenvalue weighted by Crippen LogP contribution is -2.43. The van der Waals surface area contributed by atoms with E-state index in [0.717, 1.165) is 51.6 Å². The molecule has 2 aliphatic heterocycles. The standard InChI is InChI=1S/C20H25N3O/c1-16-2-4-17(5-3-16)15-23-12-13-24-20-7-6-18(14-19(20)23)22-10-8-21-9-11-22/h2-7,14,21H,8-13,15H2,1H3. The van der Waals surface area contributed by atoms with Crippen LogP contribution in [0.5, 0.6) is 5.75 Å². The molecule has 2 aromatic carbocycles. The largest absolute Gasteiger partial charge is 0.490 e. The van der Waals surface area contributed by atoms with Crippen molar-refractivity contribution in [2.75, 3.05) is 49.1 Å². The smallest absolute Gasteiger partial charge is 0.142 e. The number of ether oxygens (including phenoxy) is 1. The van der Waals surface area contributed by atoms with Gasteiger partial charge in [0.15, 0.2) is 0 Å². The molecular formula is C20H25N3O. The predicted octanol–water partition coefficient (Wildman–Crippen LogP) is 2.80. The third kappa shape index (κ3) is 3.20. The van der Waals surface area contributed by atoms with Crippen molar-refractivity contribution >= 4 is 11.4 Å². The molecule has 0 bridgehead atoms. The van der Waals surface area contributed by atoms with Gasteiger partial charge in [0.2, 0.25) is 0 Å². The Balaban J connectivity index is 1.59. The Labute approximate surface area is 144 Å². The Hall–Kier alpha value is -2.20. The minimum atomic E-state index is 0.756. The first-order valence-corrected chi connectivity index (χ1v) is 8.82. The highest BCUT2D eigenvalue weighted by Gasteiger charge is 2.20. The fraction of sp³-hybridized carbons (Fsp3) is 0.400. The molecule has 0 saturated carbocycles. The molecule has 4 rings (SSSR count). The molecule has 0 spiro atoms. The SMILES string of the molecule is Cc1ccc(CN2CCOc3ccc(N4CCNCC4)cc32)cc1. The van der Waals surface area contributed by atoms with Crippen molar-refractivity contribution in [3.05, 3.63) is 53.6 Å². The number of hydrogen-bond donors (Lipinski definition) is 1. The summed E-state index contributed by atoms with van der Waals surface area (Å²) < 4.78 is 5.88. The molecule has 2 aliphatic rings. The van der Waals surface area contributed by atoms with Crippen LogP contribution in [0.2, 0.25) is 0 Å². The van der Waals surface area contributed by atoms with Gasteiger partial charge in [0.25, 0.3) is 0 Å². The van der Waals surface area contributed by atoms with Crippen LogP contribution in [0, 0.1) is 6.92 Å². The quantitative estimate of drug-likeness (QED) is 0.940. The maximum absolute atomic E-state index is 5.88. The van der Waals surface area contributed by atoms with Crippen LogP contribution in [-0.2, 0) is 6.54 Å². The summed E-state index contributed by atoms with van der Waals surface area (Å²) in [7, 11) is 0. The molecule has 24 heavy (non-hydrogen) atoms. The van der Waals surface area contributed by atoms with Crippen molar-refractivity contribution in [1.82, 2.24) is 5.32 Å². The van der Waals surface area contributed by atoms with Crippen molar-refractivity contribution < 1.29 is 4.74 Å². The van der Waals surface area contributed by atoms with E-state index in [1.165, 1.54) is 22.5 Å². The molecule has 126 valence electrons. The van der Waals surface area contributed by atoms with Crippen LogP contribution < -0.4 is 19.9 Å². The van der Waals surface area contributed by atoms with Gasteiger partial charge < -0.3 is 19.9 Å². The number of benzene rings is 2. The van der Waals surface area contributed by atoms with Crippen molar-refractivity contribution in [1.29, 1.82) is 0 Å². The topological polar surface area (TPSA) is 27.7 Å². The summed E-state index contributed by atoms with van der Waals surface area (Å²) in [6, 6.07) is 15.5. The Kier molecular flexibility index (Phi) is 4.30. The monoisotopic (exact) mass is 323 g/mol. The number of fused-ring (bicyclic) bond motifs is 1. The number of rotatable bonds is 3. The molecule has 1 fully saturated rings. The highest BCUT2D eigenvalue weighted by molar-refractivity contribution is 5.68. The molecule has 0 unspecified atom stereocenters. The number of piperazine rings is 1. The van der Waals surface area contributed by atoms with E-state index in [2.05, 4.69) is 64.5 Å². The zero-order valence-electron chi connectivity index (χ0n) is 14.3. The number of nitrogens with zero attached hydrogens (tertiary/aromatic N) is 2. The van der Waals surface area contributed by atoms with E-state index >= 15 is 0 Å². The highest BCUT2D eigenvalue weighted by Crippen LogP contribution is 2.36. The second kappa shape index (κ2) is 6.73. The summed E-state index contributed by atoms with van der Waals surface area (Å²) in [6.07, 6.45) is 0. The number of aryl methyl sites for hydroxylation is 1. The van der Waals surface area contributed by atoms with Gasteiger partial charge in [-0.05, 0) is 30.7 Å². The molecule has 0 atom stereocenters. The molecule has 0 radical (unpaired) electrons. The summed E-state index contributed by atoms with van der Waals surface area (Å²) in [4.78, 5) is 4.89. The van der Waals surface area contributed by atoms with Crippen molar-refractivity contribution in [2.45, 2.75) is 13.5 Å². The van der Waals surface area contributed by atoms with E-state index in [1.54, 1.807) is 0 Å². The fourth-order valence-electron chi connectivity index (χ4n) is 3.46. The van der Waals surface area contributed by atoms with Crippen molar-refractivity contribution in [3.8, 4) is 5.75 Å². The number of nitrogens with one attached hydrogen (secondary N) is 1. The second-order valence-electron chi connectivity index (χ2n) is 6.64. The van der Waals surface area contributed by atoms with Crippen LogP contribution in [-0.4, -0.2) is 39.3 Å². The van der Waals surface area contributed by atoms with Crippen molar-refractivity contribution in [2.24, 2.45) is 0 Å². The number of anilines is 2. The van der Waals surface area contributed by atoms with Gasteiger partial charge in [0, 0.05) is 38.4 Å². The van der Waals surface area contributed by atoms with E-state index in [9.17, 15) is 0 Å². The average molecular weight is 323 g/mol. The molecule has 0 amide bonds. The highest BCUT2D eigenvalue weighted by atomic mass is 16.5. The zero-order chi connectivity index (χ0) is 16.4. The van der Waals surface area contributed by atoms with Crippen LogP contribution in [0.3, 0.4) is 0 Å². The maximum Gasteiger partial charge on any atom is 0.142 e. The summed E-state index contributed by atoms with van der Waals surface area (Å²) >= 11 is 0. The first-order valence-electron chi connectivity index (χ1n) is 8.82. The van der Waals surface area contributed by atoms with Crippen LogP contribution in [0.4, 0.5) is 11.4 Å². The van der Waals surface area contributed by atoms with Gasteiger partial charge in [-0.2, -0.15) is 0 Å². The lowest BCUT2D eigenvalue weighted by atomic mass is 10.1.